The molecule has 6 heteroatoms. The molecule has 0 radical (unpaired) electrons. The average molecular weight is 375 g/mol. The molecule has 0 fully saturated rings. The summed E-state index contributed by atoms with van der Waals surface area (Å²) in [4.78, 5) is 20.7. The largest absolute Gasteiger partial charge is 0.497 e. The molecular formula is C22H21N3O3. The Morgan fingerprint density at radius 2 is 1.54 bits per heavy atom. The second-order valence-electron chi connectivity index (χ2n) is 6.15. The number of hydrogen-bond donors (Lipinski definition) is 1. The van der Waals surface area contributed by atoms with E-state index in [0.717, 1.165) is 28.4 Å². The van der Waals surface area contributed by atoms with Gasteiger partial charge in [0.1, 0.15) is 11.5 Å². The van der Waals surface area contributed by atoms with Gasteiger partial charge in [0, 0.05) is 23.2 Å². The molecule has 2 aromatic carbocycles. The first kappa shape index (κ1) is 19.1. The highest BCUT2D eigenvalue weighted by molar-refractivity contribution is 5.88. The molecule has 0 amide bonds. The Hall–Kier alpha value is -3.67. The third-order valence-electron chi connectivity index (χ3n) is 3.84. The quantitative estimate of drug-likeness (QED) is 0.389. The van der Waals surface area contributed by atoms with Crippen LogP contribution >= 0.6 is 0 Å². The molecule has 0 aliphatic carbocycles. The predicted octanol–water partition coefficient (Wildman–Crippen LogP) is 4.46. The van der Waals surface area contributed by atoms with Crippen LogP contribution in [0.3, 0.4) is 0 Å². The number of carbonyl (C=O) groups is 1. The highest BCUT2D eigenvalue weighted by Crippen LogP contribution is 2.19. The van der Waals surface area contributed by atoms with Crippen molar-refractivity contribution in [3.63, 3.8) is 0 Å². The molecule has 28 heavy (non-hydrogen) atoms. The van der Waals surface area contributed by atoms with Crippen LogP contribution in [0, 0.1) is 13.8 Å². The highest BCUT2D eigenvalue weighted by Gasteiger charge is 2.03. The zero-order valence-corrected chi connectivity index (χ0v) is 16.0. The van der Waals surface area contributed by atoms with E-state index in [4.69, 9.17) is 9.47 Å². The standard InChI is InChI=1S/C22H21N3O3/c1-15-14-16(2)24-22(23-15)25-18-7-11-20(12-8-18)28-21(26)13-6-17-4-9-19(27-3)10-5-17/h4-14H,1-3H3,(H,23,24,25)/b13-6+. The molecule has 0 aliphatic rings. The molecule has 1 aromatic heterocycles. The lowest BCUT2D eigenvalue weighted by Gasteiger charge is -2.07. The summed E-state index contributed by atoms with van der Waals surface area (Å²) in [7, 11) is 1.61. The minimum Gasteiger partial charge on any atom is -0.497 e. The van der Waals surface area contributed by atoms with Gasteiger partial charge in [-0.2, -0.15) is 0 Å². The van der Waals surface area contributed by atoms with Crippen molar-refractivity contribution in [1.29, 1.82) is 0 Å². The van der Waals surface area contributed by atoms with E-state index in [1.807, 2.05) is 44.2 Å². The Morgan fingerprint density at radius 3 is 2.14 bits per heavy atom. The predicted molar refractivity (Wildman–Crippen MR) is 109 cm³/mol. The van der Waals surface area contributed by atoms with Crippen molar-refractivity contribution in [1.82, 2.24) is 9.97 Å². The van der Waals surface area contributed by atoms with Gasteiger partial charge in [0.05, 0.1) is 7.11 Å². The SMILES string of the molecule is COc1ccc(/C=C/C(=O)Oc2ccc(Nc3nc(C)cc(C)n3)cc2)cc1. The molecule has 0 spiro atoms. The van der Waals surface area contributed by atoms with Crippen LogP contribution in [0.2, 0.25) is 0 Å². The molecule has 0 unspecified atom stereocenters. The van der Waals surface area contributed by atoms with Crippen molar-refractivity contribution in [2.75, 3.05) is 12.4 Å². The fourth-order valence-corrected chi connectivity index (χ4v) is 2.55. The lowest BCUT2D eigenvalue weighted by Crippen LogP contribution is -2.04. The summed E-state index contributed by atoms with van der Waals surface area (Å²) < 4.78 is 10.4. The van der Waals surface area contributed by atoms with E-state index in [1.54, 1.807) is 37.5 Å². The van der Waals surface area contributed by atoms with Gasteiger partial charge >= 0.3 is 5.97 Å². The second-order valence-corrected chi connectivity index (χ2v) is 6.15. The molecule has 6 nitrogen and oxygen atoms in total. The van der Waals surface area contributed by atoms with Crippen LogP contribution in [-0.2, 0) is 4.79 Å². The fraction of sp³-hybridized carbons (Fsp3) is 0.136. The van der Waals surface area contributed by atoms with Crippen molar-refractivity contribution in [3.8, 4) is 11.5 Å². The number of aromatic nitrogens is 2. The zero-order valence-electron chi connectivity index (χ0n) is 16.0. The van der Waals surface area contributed by atoms with E-state index in [9.17, 15) is 4.79 Å². The van der Waals surface area contributed by atoms with E-state index in [0.29, 0.717) is 11.7 Å². The van der Waals surface area contributed by atoms with Crippen LogP contribution in [-0.4, -0.2) is 23.0 Å². The Bertz CT molecular complexity index is 961. The summed E-state index contributed by atoms with van der Waals surface area (Å²) in [5, 5.41) is 3.14. The lowest BCUT2D eigenvalue weighted by molar-refractivity contribution is -0.128. The Labute approximate surface area is 163 Å². The van der Waals surface area contributed by atoms with Crippen molar-refractivity contribution < 1.29 is 14.3 Å². The Kier molecular flexibility index (Phi) is 6.01. The van der Waals surface area contributed by atoms with Crippen LogP contribution in [0.25, 0.3) is 6.08 Å². The maximum absolute atomic E-state index is 12.0. The number of rotatable bonds is 6. The number of ether oxygens (including phenoxy) is 2. The number of anilines is 2. The summed E-state index contributed by atoms with van der Waals surface area (Å²) in [5.74, 6) is 1.30. The Morgan fingerprint density at radius 1 is 0.929 bits per heavy atom. The van der Waals surface area contributed by atoms with Crippen LogP contribution < -0.4 is 14.8 Å². The molecule has 0 saturated carbocycles. The molecule has 1 heterocycles. The third kappa shape index (κ3) is 5.41. The van der Waals surface area contributed by atoms with E-state index < -0.39 is 5.97 Å². The average Bonchev–Trinajstić information content (AvgIpc) is 2.67. The highest BCUT2D eigenvalue weighted by atomic mass is 16.5. The number of nitrogens with zero attached hydrogens (tertiary/aromatic N) is 2. The molecule has 0 saturated heterocycles. The number of methoxy groups -OCH3 is 1. The minimum atomic E-state index is -0.450. The van der Waals surface area contributed by atoms with Crippen LogP contribution in [0.1, 0.15) is 17.0 Å². The van der Waals surface area contributed by atoms with Gasteiger partial charge in [-0.25, -0.2) is 14.8 Å². The first-order chi connectivity index (χ1) is 13.5. The summed E-state index contributed by atoms with van der Waals surface area (Å²) in [6.07, 6.45) is 3.08. The number of nitrogens with one attached hydrogen (secondary N) is 1. The molecular weight excluding hydrogens is 354 g/mol. The zero-order chi connectivity index (χ0) is 19.9. The lowest BCUT2D eigenvalue weighted by atomic mass is 10.2. The summed E-state index contributed by atoms with van der Waals surface area (Å²) in [6, 6.07) is 16.3. The molecule has 3 aromatic rings. The number of hydrogen-bond acceptors (Lipinski definition) is 6. The van der Waals surface area contributed by atoms with Gasteiger partial charge in [-0.1, -0.05) is 12.1 Å². The number of aryl methyl sites for hydroxylation is 2. The van der Waals surface area contributed by atoms with E-state index >= 15 is 0 Å². The first-order valence-electron chi connectivity index (χ1n) is 8.75. The van der Waals surface area contributed by atoms with Gasteiger partial charge in [0.15, 0.2) is 0 Å². The second kappa shape index (κ2) is 8.81. The number of benzene rings is 2. The van der Waals surface area contributed by atoms with Crippen LogP contribution in [0.5, 0.6) is 11.5 Å². The van der Waals surface area contributed by atoms with Crippen molar-refractivity contribution in [2.24, 2.45) is 0 Å². The maximum Gasteiger partial charge on any atom is 0.336 e. The maximum atomic E-state index is 12.0. The van der Waals surface area contributed by atoms with Crippen LogP contribution in [0.4, 0.5) is 11.6 Å². The van der Waals surface area contributed by atoms with Crippen molar-refractivity contribution in [2.45, 2.75) is 13.8 Å². The smallest absolute Gasteiger partial charge is 0.336 e. The van der Waals surface area contributed by atoms with E-state index in [1.165, 1.54) is 6.08 Å². The molecule has 0 atom stereocenters. The van der Waals surface area contributed by atoms with Gasteiger partial charge in [-0.15, -0.1) is 0 Å². The molecule has 142 valence electrons. The molecule has 0 aliphatic heterocycles. The van der Waals surface area contributed by atoms with Crippen LogP contribution in [0.15, 0.2) is 60.7 Å². The Balaban J connectivity index is 1.58. The van der Waals surface area contributed by atoms with Gasteiger partial charge in [-0.05, 0) is 68.0 Å². The number of carbonyl (C=O) groups excluding carboxylic acids is 1. The van der Waals surface area contributed by atoms with Gasteiger partial charge < -0.3 is 14.8 Å². The minimum absolute atomic E-state index is 0.450. The topological polar surface area (TPSA) is 73.3 Å². The molecule has 1 N–H and O–H groups in total. The van der Waals surface area contributed by atoms with Gasteiger partial charge in [0.25, 0.3) is 0 Å². The monoisotopic (exact) mass is 375 g/mol. The third-order valence-corrected chi connectivity index (χ3v) is 3.84. The molecule has 3 rings (SSSR count). The van der Waals surface area contributed by atoms with E-state index in [-0.39, 0.29) is 0 Å². The van der Waals surface area contributed by atoms with E-state index in [2.05, 4.69) is 15.3 Å². The normalized spacial score (nSPS) is 10.7. The fourth-order valence-electron chi connectivity index (χ4n) is 2.55. The van der Waals surface area contributed by atoms with Gasteiger partial charge in [-0.3, -0.25) is 0 Å². The summed E-state index contributed by atoms with van der Waals surface area (Å²) >= 11 is 0. The summed E-state index contributed by atoms with van der Waals surface area (Å²) in [6.45, 7) is 3.84. The van der Waals surface area contributed by atoms with Crippen molar-refractivity contribution >= 4 is 23.7 Å². The molecule has 0 bridgehead atoms. The summed E-state index contributed by atoms with van der Waals surface area (Å²) in [5.41, 5.74) is 3.47. The van der Waals surface area contributed by atoms with Gasteiger partial charge in [0.2, 0.25) is 5.95 Å². The number of esters is 1. The van der Waals surface area contributed by atoms with Crippen molar-refractivity contribution in [3.05, 3.63) is 77.6 Å². The first-order valence-corrected chi connectivity index (χ1v) is 8.75.